The first-order chi connectivity index (χ1) is 8.06. The van der Waals surface area contributed by atoms with E-state index in [1.165, 1.54) is 12.8 Å². The van der Waals surface area contributed by atoms with Gasteiger partial charge in [0.25, 0.3) is 0 Å². The lowest BCUT2D eigenvalue weighted by atomic mass is 9.97. The summed E-state index contributed by atoms with van der Waals surface area (Å²) in [6.07, 6.45) is 6.50. The molecule has 2 N–H and O–H groups in total. The highest BCUT2D eigenvalue weighted by molar-refractivity contribution is 5.76. The average molecular weight is 246 g/mol. The van der Waals surface area contributed by atoms with Crippen LogP contribution < -0.4 is 0 Å². The Bertz CT molecular complexity index is 206. The number of ether oxygens (including phenoxy) is 1. The number of hydrogen-bond donors (Lipinski definition) is 2. The summed E-state index contributed by atoms with van der Waals surface area (Å²) in [4.78, 5) is 11.1. The highest BCUT2D eigenvalue weighted by Gasteiger charge is 2.33. The average Bonchev–Trinajstić information content (AvgIpc) is 2.29. The van der Waals surface area contributed by atoms with Gasteiger partial charge in [-0.2, -0.15) is 0 Å². The molecular weight excluding hydrogens is 220 g/mol. The molecule has 17 heavy (non-hydrogen) atoms. The molecule has 0 aromatic heterocycles. The van der Waals surface area contributed by atoms with Crippen molar-refractivity contribution in [1.82, 2.24) is 0 Å². The molecule has 0 aliphatic heterocycles. The molecule has 0 fully saturated rings. The summed E-state index contributed by atoms with van der Waals surface area (Å²) >= 11 is 0. The molecule has 0 rings (SSSR count). The van der Waals surface area contributed by atoms with Crippen LogP contribution in [0.5, 0.6) is 0 Å². The van der Waals surface area contributed by atoms with Crippen molar-refractivity contribution in [3.8, 4) is 0 Å². The van der Waals surface area contributed by atoms with Crippen LogP contribution in [0.2, 0.25) is 0 Å². The van der Waals surface area contributed by atoms with Crippen molar-refractivity contribution in [2.45, 2.75) is 64.4 Å². The van der Waals surface area contributed by atoms with Gasteiger partial charge in [0, 0.05) is 6.61 Å². The first-order valence-corrected chi connectivity index (χ1v) is 6.55. The van der Waals surface area contributed by atoms with Crippen LogP contribution >= 0.6 is 0 Å². The number of rotatable bonds is 11. The molecule has 0 saturated carbocycles. The summed E-state index contributed by atoms with van der Waals surface area (Å²) in [7, 11) is 0. The molecule has 0 saturated heterocycles. The predicted octanol–water partition coefficient (Wildman–Crippen LogP) is 2.59. The van der Waals surface area contributed by atoms with Crippen molar-refractivity contribution in [1.29, 1.82) is 0 Å². The van der Waals surface area contributed by atoms with E-state index in [4.69, 9.17) is 14.9 Å². The van der Waals surface area contributed by atoms with Gasteiger partial charge >= 0.3 is 5.97 Å². The summed E-state index contributed by atoms with van der Waals surface area (Å²) in [6.45, 7) is 4.10. The van der Waals surface area contributed by atoms with Gasteiger partial charge in [-0.25, -0.2) is 4.79 Å². The Balaban J connectivity index is 3.91. The second-order valence-corrected chi connectivity index (χ2v) is 4.63. The van der Waals surface area contributed by atoms with Crippen molar-refractivity contribution in [2.24, 2.45) is 0 Å². The highest BCUT2D eigenvalue weighted by atomic mass is 16.5. The third-order valence-electron chi connectivity index (χ3n) is 2.93. The van der Waals surface area contributed by atoms with Gasteiger partial charge in [0.1, 0.15) is 0 Å². The van der Waals surface area contributed by atoms with E-state index in [-0.39, 0.29) is 6.61 Å². The van der Waals surface area contributed by atoms with Gasteiger partial charge < -0.3 is 14.9 Å². The minimum Gasteiger partial charge on any atom is -0.479 e. The fourth-order valence-electron chi connectivity index (χ4n) is 1.67. The lowest BCUT2D eigenvalue weighted by Crippen LogP contribution is -2.38. The maximum atomic E-state index is 11.1. The van der Waals surface area contributed by atoms with Gasteiger partial charge in [0.05, 0.1) is 6.61 Å². The third kappa shape index (κ3) is 7.34. The Hall–Kier alpha value is -0.610. The predicted molar refractivity (Wildman–Crippen MR) is 67.1 cm³/mol. The van der Waals surface area contributed by atoms with Crippen LogP contribution in [-0.4, -0.2) is 35.0 Å². The molecule has 4 heteroatoms. The molecule has 1 unspecified atom stereocenters. The number of aliphatic hydroxyl groups excluding tert-OH is 1. The van der Waals surface area contributed by atoms with E-state index in [1.54, 1.807) is 6.92 Å². The molecule has 0 amide bonds. The molecule has 0 aliphatic rings. The smallest absolute Gasteiger partial charge is 0.335 e. The van der Waals surface area contributed by atoms with Gasteiger partial charge in [0.15, 0.2) is 5.60 Å². The zero-order valence-corrected chi connectivity index (χ0v) is 11.1. The normalized spacial score (nSPS) is 14.5. The quantitative estimate of drug-likeness (QED) is 0.550. The third-order valence-corrected chi connectivity index (χ3v) is 2.93. The Kier molecular flexibility index (Phi) is 9.09. The van der Waals surface area contributed by atoms with Crippen LogP contribution in [-0.2, 0) is 9.53 Å². The Morgan fingerprint density at radius 3 is 2.35 bits per heavy atom. The number of carboxylic acid groups (broad SMARTS) is 1. The van der Waals surface area contributed by atoms with Crippen molar-refractivity contribution >= 4 is 5.97 Å². The van der Waals surface area contributed by atoms with Crippen molar-refractivity contribution in [2.75, 3.05) is 13.2 Å². The SMILES string of the molecule is CCCCCCCC(C)(OCCCO)C(=O)O. The second-order valence-electron chi connectivity index (χ2n) is 4.63. The van der Waals surface area contributed by atoms with Crippen LogP contribution in [0, 0.1) is 0 Å². The lowest BCUT2D eigenvalue weighted by Gasteiger charge is -2.25. The molecule has 0 spiro atoms. The van der Waals surface area contributed by atoms with Crippen LogP contribution in [0.3, 0.4) is 0 Å². The topological polar surface area (TPSA) is 66.8 Å². The maximum absolute atomic E-state index is 11.1. The first-order valence-electron chi connectivity index (χ1n) is 6.55. The van der Waals surface area contributed by atoms with Gasteiger partial charge in [-0.05, 0) is 26.2 Å². The largest absolute Gasteiger partial charge is 0.479 e. The Morgan fingerprint density at radius 1 is 1.18 bits per heavy atom. The first kappa shape index (κ1) is 16.4. The van der Waals surface area contributed by atoms with Crippen LogP contribution in [0.15, 0.2) is 0 Å². The summed E-state index contributed by atoms with van der Waals surface area (Å²) in [5.41, 5.74) is -1.10. The van der Waals surface area contributed by atoms with Crippen LogP contribution in [0.1, 0.15) is 58.8 Å². The van der Waals surface area contributed by atoms with Gasteiger partial charge in [-0.1, -0.05) is 32.6 Å². The molecule has 0 aromatic carbocycles. The van der Waals surface area contributed by atoms with Crippen molar-refractivity contribution < 1.29 is 19.7 Å². The van der Waals surface area contributed by atoms with E-state index in [1.807, 2.05) is 0 Å². The summed E-state index contributed by atoms with van der Waals surface area (Å²) in [5, 5.41) is 17.8. The number of aliphatic carboxylic acids is 1. The fraction of sp³-hybridized carbons (Fsp3) is 0.923. The van der Waals surface area contributed by atoms with Crippen molar-refractivity contribution in [3.05, 3.63) is 0 Å². The number of unbranched alkanes of at least 4 members (excludes halogenated alkanes) is 4. The zero-order valence-electron chi connectivity index (χ0n) is 11.1. The molecule has 0 aromatic rings. The number of aliphatic hydroxyl groups is 1. The van der Waals surface area contributed by atoms with Crippen LogP contribution in [0.25, 0.3) is 0 Å². The number of hydrogen-bond acceptors (Lipinski definition) is 3. The molecule has 0 bridgehead atoms. The molecule has 0 aliphatic carbocycles. The summed E-state index contributed by atoms with van der Waals surface area (Å²) in [5.74, 6) is -0.911. The van der Waals surface area contributed by atoms with Crippen molar-refractivity contribution in [3.63, 3.8) is 0 Å². The maximum Gasteiger partial charge on any atom is 0.335 e. The molecule has 0 heterocycles. The monoisotopic (exact) mass is 246 g/mol. The summed E-state index contributed by atoms with van der Waals surface area (Å²) < 4.78 is 5.38. The highest BCUT2D eigenvalue weighted by Crippen LogP contribution is 2.20. The van der Waals surface area contributed by atoms with E-state index in [0.717, 1.165) is 19.3 Å². The van der Waals surface area contributed by atoms with E-state index in [9.17, 15) is 4.79 Å². The molecular formula is C13H26O4. The Morgan fingerprint density at radius 2 is 1.82 bits per heavy atom. The van der Waals surface area contributed by atoms with Crippen LogP contribution in [0.4, 0.5) is 0 Å². The molecule has 0 radical (unpaired) electrons. The molecule has 102 valence electrons. The lowest BCUT2D eigenvalue weighted by molar-refractivity contribution is -0.165. The van der Waals surface area contributed by atoms with E-state index >= 15 is 0 Å². The fourth-order valence-corrected chi connectivity index (χ4v) is 1.67. The Labute approximate surface area is 104 Å². The standard InChI is InChI=1S/C13H26O4/c1-3-4-5-6-7-9-13(2,12(15)16)17-11-8-10-14/h14H,3-11H2,1-2H3,(H,15,16). The number of carboxylic acids is 1. The summed E-state index contributed by atoms with van der Waals surface area (Å²) in [6, 6.07) is 0. The molecule has 1 atom stereocenters. The number of carbonyl (C=O) groups is 1. The zero-order chi connectivity index (χ0) is 13.1. The van der Waals surface area contributed by atoms with Gasteiger partial charge in [-0.3, -0.25) is 0 Å². The molecule has 4 nitrogen and oxygen atoms in total. The van der Waals surface area contributed by atoms with E-state index in [0.29, 0.717) is 19.4 Å². The second kappa shape index (κ2) is 9.42. The van der Waals surface area contributed by atoms with E-state index in [2.05, 4.69) is 6.92 Å². The van der Waals surface area contributed by atoms with Gasteiger partial charge in [-0.15, -0.1) is 0 Å². The van der Waals surface area contributed by atoms with E-state index < -0.39 is 11.6 Å². The minimum atomic E-state index is -1.10. The van der Waals surface area contributed by atoms with Gasteiger partial charge in [0.2, 0.25) is 0 Å². The minimum absolute atomic E-state index is 0.0339.